The molecule has 0 saturated heterocycles. The van der Waals surface area contributed by atoms with Crippen LogP contribution in [-0.4, -0.2) is 26.7 Å². The molecule has 68 heavy (non-hydrogen) atoms. The van der Waals surface area contributed by atoms with Gasteiger partial charge >= 0.3 is 0 Å². The van der Waals surface area contributed by atoms with Crippen molar-refractivity contribution in [1.29, 1.82) is 0 Å². The van der Waals surface area contributed by atoms with Crippen LogP contribution in [0.15, 0.2) is 228 Å². The summed E-state index contributed by atoms with van der Waals surface area (Å²) >= 11 is 0. The molecule has 4 aromatic heterocycles. The van der Waals surface area contributed by atoms with Crippen molar-refractivity contribution in [3.05, 3.63) is 218 Å². The largest absolute Gasteiger partial charge is 0.454 e. The summed E-state index contributed by atoms with van der Waals surface area (Å²) in [5, 5.41) is 9.22. The van der Waals surface area contributed by atoms with Crippen molar-refractivity contribution in [2.75, 3.05) is 0 Å². The molecule has 0 saturated carbocycles. The molecule has 0 radical (unpaired) electrons. The van der Waals surface area contributed by atoms with E-state index >= 15 is 0 Å². The second kappa shape index (κ2) is 13.6. The molecule has 320 valence electrons. The van der Waals surface area contributed by atoms with Crippen LogP contribution in [0.1, 0.15) is 0 Å². The second-order valence-corrected chi connectivity index (χ2v) is 19.6. The van der Waals surface area contributed by atoms with Gasteiger partial charge in [0.2, 0.25) is 9.84 Å². The van der Waals surface area contributed by atoms with Gasteiger partial charge in [0.15, 0.2) is 0 Å². The van der Waals surface area contributed by atoms with Crippen LogP contribution in [0.25, 0.3) is 110 Å². The Hall–Kier alpha value is -8.85. The van der Waals surface area contributed by atoms with Crippen LogP contribution in [0.5, 0.6) is 11.5 Å². The minimum Gasteiger partial charge on any atom is -0.454 e. The number of hydrogen-bond acceptors (Lipinski definition) is 3. The zero-order valence-corrected chi connectivity index (χ0v) is 37.0. The molecular formula is C60H36N4O3S. The molecule has 0 unspecified atom stereocenters. The molecule has 10 aromatic carbocycles. The van der Waals surface area contributed by atoms with Crippen LogP contribution in [0.2, 0.25) is 0 Å². The van der Waals surface area contributed by atoms with Gasteiger partial charge in [0.05, 0.1) is 44.1 Å². The quantitative estimate of drug-likeness (QED) is 0.177. The Balaban J connectivity index is 0.857. The van der Waals surface area contributed by atoms with Crippen LogP contribution in [0.4, 0.5) is 0 Å². The third kappa shape index (κ3) is 5.04. The summed E-state index contributed by atoms with van der Waals surface area (Å²) in [6.07, 6.45) is 0. The predicted molar refractivity (Wildman–Crippen MR) is 276 cm³/mol. The zero-order valence-electron chi connectivity index (χ0n) is 36.2. The molecule has 5 heterocycles. The smallest absolute Gasteiger partial charge is 0.213 e. The first-order valence-electron chi connectivity index (χ1n) is 22.7. The molecule has 0 N–H and O–H groups in total. The van der Waals surface area contributed by atoms with Gasteiger partial charge in [0.1, 0.15) is 21.3 Å². The standard InChI is InChI=1S/C60H36N4O3S/c65-68(66)59-31-27-39(63-53-23-11-5-17-45(53)47-33-37(25-29-55(47)63)61-49-19-7-1-13-41(49)42-14-2-8-20-50(42)61)35-57(59)67-58-36-40(28-32-60(58)68)64-54-24-12-6-18-46(54)48-34-38(26-30-56(48)64)62-51-21-9-3-15-43(51)44-16-4-10-22-52(44)62/h1-36H. The number of para-hydroxylation sites is 6. The number of aromatic nitrogens is 4. The van der Waals surface area contributed by atoms with Crippen molar-refractivity contribution in [2.24, 2.45) is 0 Å². The fraction of sp³-hybridized carbons (Fsp3) is 0. The molecule has 0 bridgehead atoms. The number of ether oxygens (including phenoxy) is 1. The monoisotopic (exact) mass is 892 g/mol. The summed E-state index contributed by atoms with van der Waals surface area (Å²) < 4.78 is 44.8. The lowest BCUT2D eigenvalue weighted by Gasteiger charge is -2.22. The zero-order chi connectivity index (χ0) is 44.8. The van der Waals surface area contributed by atoms with Crippen molar-refractivity contribution >= 4 is 97.1 Å². The molecule has 1 aliphatic heterocycles. The van der Waals surface area contributed by atoms with Crippen LogP contribution >= 0.6 is 0 Å². The molecule has 0 aliphatic carbocycles. The first-order valence-corrected chi connectivity index (χ1v) is 24.2. The summed E-state index contributed by atoms with van der Waals surface area (Å²) in [6, 6.07) is 75.1. The Labute approximate surface area is 389 Å². The van der Waals surface area contributed by atoms with E-state index in [1.165, 1.54) is 21.5 Å². The average Bonchev–Trinajstić information content (AvgIpc) is 4.11. The summed E-state index contributed by atoms with van der Waals surface area (Å²) in [6.45, 7) is 0. The van der Waals surface area contributed by atoms with Gasteiger partial charge in [-0.2, -0.15) is 0 Å². The van der Waals surface area contributed by atoms with E-state index in [1.807, 2.05) is 36.4 Å². The van der Waals surface area contributed by atoms with Crippen LogP contribution in [0, 0.1) is 0 Å². The molecule has 0 amide bonds. The van der Waals surface area contributed by atoms with Gasteiger partial charge in [-0.05, 0) is 97.1 Å². The number of sulfone groups is 1. The summed E-state index contributed by atoms with van der Waals surface area (Å²) in [4.78, 5) is 0.288. The van der Waals surface area contributed by atoms with Gasteiger partial charge in [0, 0.05) is 78.0 Å². The predicted octanol–water partition coefficient (Wildman–Crippen LogP) is 15.0. The van der Waals surface area contributed by atoms with Gasteiger partial charge in [-0.15, -0.1) is 0 Å². The van der Waals surface area contributed by atoms with E-state index in [0.29, 0.717) is 0 Å². The summed E-state index contributed by atoms with van der Waals surface area (Å²) in [5.41, 5.74) is 12.4. The molecule has 0 fully saturated rings. The molecule has 0 spiro atoms. The van der Waals surface area contributed by atoms with Gasteiger partial charge in [0.25, 0.3) is 0 Å². The molecular weight excluding hydrogens is 857 g/mol. The first kappa shape index (κ1) is 37.4. The van der Waals surface area contributed by atoms with E-state index < -0.39 is 9.84 Å². The Bertz CT molecular complexity index is 4230. The van der Waals surface area contributed by atoms with E-state index in [4.69, 9.17) is 4.74 Å². The first-order chi connectivity index (χ1) is 33.5. The van der Waals surface area contributed by atoms with Crippen molar-refractivity contribution in [3.63, 3.8) is 0 Å². The highest BCUT2D eigenvalue weighted by Crippen LogP contribution is 2.46. The minimum absolute atomic E-state index is 0.144. The van der Waals surface area contributed by atoms with E-state index in [1.54, 1.807) is 12.1 Å². The average molecular weight is 893 g/mol. The Morgan fingerprint density at radius 1 is 0.265 bits per heavy atom. The third-order valence-corrected chi connectivity index (χ3v) is 16.0. The maximum Gasteiger partial charge on any atom is 0.213 e. The van der Waals surface area contributed by atoms with Crippen LogP contribution in [0.3, 0.4) is 0 Å². The molecule has 1 aliphatic rings. The fourth-order valence-electron chi connectivity index (χ4n) is 11.3. The van der Waals surface area contributed by atoms with E-state index in [0.717, 1.165) is 88.4 Å². The molecule has 0 atom stereocenters. The lowest BCUT2D eigenvalue weighted by molar-refractivity contribution is 0.442. The molecule has 15 rings (SSSR count). The van der Waals surface area contributed by atoms with Gasteiger partial charge in [-0.1, -0.05) is 109 Å². The second-order valence-electron chi connectivity index (χ2n) is 17.7. The summed E-state index contributed by atoms with van der Waals surface area (Å²) in [7, 11) is -3.92. The molecule has 7 nitrogen and oxygen atoms in total. The van der Waals surface area contributed by atoms with Gasteiger partial charge in [-0.3, -0.25) is 0 Å². The highest BCUT2D eigenvalue weighted by atomic mass is 32.2. The molecule has 14 aromatic rings. The van der Waals surface area contributed by atoms with E-state index in [-0.39, 0.29) is 21.3 Å². The Morgan fingerprint density at radius 3 is 0.838 bits per heavy atom. The highest BCUT2D eigenvalue weighted by molar-refractivity contribution is 7.91. The van der Waals surface area contributed by atoms with Crippen molar-refractivity contribution < 1.29 is 13.2 Å². The van der Waals surface area contributed by atoms with Crippen molar-refractivity contribution in [1.82, 2.24) is 18.3 Å². The number of rotatable bonds is 4. The van der Waals surface area contributed by atoms with Gasteiger partial charge in [-0.25, -0.2) is 8.42 Å². The minimum atomic E-state index is -3.92. The van der Waals surface area contributed by atoms with Crippen molar-refractivity contribution in [3.8, 4) is 34.2 Å². The Kier molecular flexibility index (Phi) is 7.48. The highest BCUT2D eigenvalue weighted by Gasteiger charge is 2.33. The number of hydrogen-bond donors (Lipinski definition) is 0. The van der Waals surface area contributed by atoms with Crippen molar-refractivity contribution in [2.45, 2.75) is 9.79 Å². The third-order valence-electron chi connectivity index (χ3n) is 14.2. The van der Waals surface area contributed by atoms with E-state index in [9.17, 15) is 8.42 Å². The van der Waals surface area contributed by atoms with E-state index in [2.05, 4.69) is 188 Å². The Morgan fingerprint density at radius 2 is 0.515 bits per heavy atom. The normalized spacial score (nSPS) is 13.4. The number of nitrogens with zero attached hydrogens (tertiary/aromatic N) is 4. The summed E-state index contributed by atoms with van der Waals surface area (Å²) in [5.74, 6) is 0.580. The number of benzene rings is 10. The van der Waals surface area contributed by atoms with Crippen LogP contribution in [-0.2, 0) is 9.84 Å². The van der Waals surface area contributed by atoms with Crippen LogP contribution < -0.4 is 4.74 Å². The lowest BCUT2D eigenvalue weighted by Crippen LogP contribution is -2.12. The molecule has 8 heteroatoms. The topological polar surface area (TPSA) is 63.1 Å². The van der Waals surface area contributed by atoms with Gasteiger partial charge < -0.3 is 23.0 Å². The maximum absolute atomic E-state index is 14.5. The maximum atomic E-state index is 14.5. The fourth-order valence-corrected chi connectivity index (χ4v) is 12.7. The SMILES string of the molecule is O=S1(=O)c2ccc(-n3c4ccccc4c4cc(-n5c6ccccc6c6ccccc65)ccc43)cc2Oc2cc(-n3c4ccccc4c4cc(-n5c6ccccc6c6ccccc65)ccc43)ccc21. The lowest BCUT2D eigenvalue weighted by atomic mass is 10.1. The number of fused-ring (bicyclic) bond motifs is 14.